The molecule has 5 aliphatic rings. The van der Waals surface area contributed by atoms with Crippen LogP contribution in [0.4, 0.5) is 0 Å². The zero-order valence-electron chi connectivity index (χ0n) is 15.7. The summed E-state index contributed by atoms with van der Waals surface area (Å²) in [6.45, 7) is 0. The Morgan fingerprint density at radius 3 is 2.59 bits per heavy atom. The van der Waals surface area contributed by atoms with Gasteiger partial charge in [0.25, 0.3) is 5.91 Å². The van der Waals surface area contributed by atoms with Crippen molar-refractivity contribution >= 4 is 5.91 Å². The van der Waals surface area contributed by atoms with Crippen LogP contribution in [-0.2, 0) is 4.84 Å². The van der Waals surface area contributed by atoms with Gasteiger partial charge in [-0.2, -0.15) is 0 Å². The highest BCUT2D eigenvalue weighted by Crippen LogP contribution is 2.57. The minimum absolute atomic E-state index is 0.0137. The molecule has 27 heavy (non-hydrogen) atoms. The van der Waals surface area contributed by atoms with Crippen LogP contribution in [0.3, 0.4) is 0 Å². The van der Waals surface area contributed by atoms with Crippen LogP contribution in [0.1, 0.15) is 61.7 Å². The summed E-state index contributed by atoms with van der Waals surface area (Å²) in [6, 6.07) is 0.0137. The molecule has 5 saturated carbocycles. The number of hydroxylamine groups is 2. The number of hydrogen-bond acceptors (Lipinski definition) is 6. The largest absolute Gasteiger partial charge is 0.480 e. The third-order valence-corrected chi connectivity index (χ3v) is 7.08. The number of rotatable bonds is 5. The van der Waals surface area contributed by atoms with E-state index in [0.29, 0.717) is 23.3 Å². The number of amides is 1. The number of aromatic nitrogens is 2. The highest BCUT2D eigenvalue weighted by atomic mass is 16.7. The minimum atomic E-state index is -0.536. The smallest absolute Gasteiger partial charge is 0.284 e. The molecule has 1 amide bonds. The summed E-state index contributed by atoms with van der Waals surface area (Å²) in [5.74, 6) is 1.23. The van der Waals surface area contributed by atoms with E-state index in [1.54, 1.807) is 5.06 Å². The van der Waals surface area contributed by atoms with E-state index in [1.165, 1.54) is 19.6 Å². The second kappa shape index (κ2) is 6.41. The zero-order chi connectivity index (χ0) is 18.6. The predicted molar refractivity (Wildman–Crippen MR) is 95.8 cm³/mol. The van der Waals surface area contributed by atoms with Gasteiger partial charge in [0.15, 0.2) is 0 Å². The number of ether oxygens (including phenoxy) is 1. The number of nitrogens with zero attached hydrogens (tertiary/aromatic N) is 3. The molecule has 1 aromatic rings. The maximum absolute atomic E-state index is 13.5. The molecule has 5 aliphatic carbocycles. The first-order valence-corrected chi connectivity index (χ1v) is 10.1. The van der Waals surface area contributed by atoms with Gasteiger partial charge in [-0.3, -0.25) is 9.63 Å². The summed E-state index contributed by atoms with van der Waals surface area (Å²) < 4.78 is 5.29. The standard InChI is InChI=1S/C20H27N3O4/c1-26-18-16(10-21-11-22-18)19(24)23(27-15-3-2-4-15)17-13-5-12-6-14(17)9-20(25,7-12)8-13/h10-15,17,25H,2-9H2,1H3. The Hall–Kier alpha value is -1.73. The Morgan fingerprint density at radius 1 is 1.26 bits per heavy atom. The summed E-state index contributed by atoms with van der Waals surface area (Å²) in [4.78, 5) is 27.8. The first kappa shape index (κ1) is 17.4. The molecule has 6 rings (SSSR count). The van der Waals surface area contributed by atoms with Crippen molar-refractivity contribution in [3.8, 4) is 5.88 Å². The molecule has 0 spiro atoms. The molecule has 7 nitrogen and oxygen atoms in total. The lowest BCUT2D eigenvalue weighted by atomic mass is 9.52. The molecule has 2 unspecified atom stereocenters. The molecule has 4 bridgehead atoms. The quantitative estimate of drug-likeness (QED) is 0.798. The van der Waals surface area contributed by atoms with E-state index in [-0.39, 0.29) is 23.9 Å². The van der Waals surface area contributed by atoms with Crippen LogP contribution in [0.2, 0.25) is 0 Å². The van der Waals surface area contributed by atoms with Crippen LogP contribution in [-0.4, -0.2) is 50.9 Å². The molecule has 0 radical (unpaired) electrons. The van der Waals surface area contributed by atoms with Crippen molar-refractivity contribution in [3.05, 3.63) is 18.1 Å². The lowest BCUT2D eigenvalue weighted by molar-refractivity contribution is -0.256. The molecule has 1 aromatic heterocycles. The Morgan fingerprint density at radius 2 is 2.00 bits per heavy atom. The minimum Gasteiger partial charge on any atom is -0.480 e. The Bertz CT molecular complexity index is 722. The predicted octanol–water partition coefficient (Wildman–Crippen LogP) is 2.35. The monoisotopic (exact) mass is 373 g/mol. The lowest BCUT2D eigenvalue weighted by Gasteiger charge is -2.59. The van der Waals surface area contributed by atoms with Crippen molar-refractivity contribution in [1.29, 1.82) is 0 Å². The maximum Gasteiger partial charge on any atom is 0.284 e. The van der Waals surface area contributed by atoms with Crippen LogP contribution < -0.4 is 4.74 Å². The molecule has 1 heterocycles. The van der Waals surface area contributed by atoms with E-state index >= 15 is 0 Å². The van der Waals surface area contributed by atoms with Crippen molar-refractivity contribution in [2.75, 3.05) is 7.11 Å². The molecular formula is C20H27N3O4. The van der Waals surface area contributed by atoms with Crippen LogP contribution >= 0.6 is 0 Å². The molecule has 1 N–H and O–H groups in total. The zero-order valence-corrected chi connectivity index (χ0v) is 15.7. The fourth-order valence-corrected chi connectivity index (χ4v) is 5.97. The molecule has 0 saturated heterocycles. The summed E-state index contributed by atoms with van der Waals surface area (Å²) in [5, 5.41) is 12.5. The van der Waals surface area contributed by atoms with Crippen LogP contribution in [0.15, 0.2) is 12.5 Å². The van der Waals surface area contributed by atoms with Gasteiger partial charge >= 0.3 is 0 Å². The van der Waals surface area contributed by atoms with Gasteiger partial charge in [-0.05, 0) is 69.1 Å². The summed E-state index contributed by atoms with van der Waals surface area (Å²) in [6.07, 6.45) is 10.7. The highest BCUT2D eigenvalue weighted by Gasteiger charge is 2.57. The van der Waals surface area contributed by atoms with Crippen molar-refractivity contribution in [2.24, 2.45) is 17.8 Å². The molecule has 2 atom stereocenters. The van der Waals surface area contributed by atoms with Gasteiger partial charge in [-0.25, -0.2) is 15.0 Å². The van der Waals surface area contributed by atoms with Gasteiger partial charge in [0.2, 0.25) is 5.88 Å². The average molecular weight is 373 g/mol. The summed E-state index contributed by atoms with van der Waals surface area (Å²) >= 11 is 0. The average Bonchev–Trinajstić information content (AvgIpc) is 2.60. The lowest BCUT2D eigenvalue weighted by Crippen LogP contribution is -2.63. The summed E-state index contributed by atoms with van der Waals surface area (Å²) in [5.41, 5.74) is -0.196. The Kier molecular flexibility index (Phi) is 4.13. The van der Waals surface area contributed by atoms with Crippen molar-refractivity contribution in [3.63, 3.8) is 0 Å². The first-order chi connectivity index (χ1) is 13.1. The number of hydrogen-bond donors (Lipinski definition) is 1. The van der Waals surface area contributed by atoms with Gasteiger partial charge in [0, 0.05) is 6.20 Å². The van der Waals surface area contributed by atoms with Gasteiger partial charge < -0.3 is 9.84 Å². The van der Waals surface area contributed by atoms with Gasteiger partial charge in [-0.15, -0.1) is 0 Å². The molecule has 146 valence electrons. The van der Waals surface area contributed by atoms with Gasteiger partial charge in [0.1, 0.15) is 11.9 Å². The normalized spacial score (nSPS) is 37.1. The van der Waals surface area contributed by atoms with Crippen molar-refractivity contribution < 1.29 is 19.5 Å². The number of methoxy groups -OCH3 is 1. The van der Waals surface area contributed by atoms with Crippen molar-refractivity contribution in [1.82, 2.24) is 15.0 Å². The van der Waals surface area contributed by atoms with E-state index in [4.69, 9.17) is 9.57 Å². The molecule has 7 heteroatoms. The topological polar surface area (TPSA) is 84.8 Å². The summed E-state index contributed by atoms with van der Waals surface area (Å²) in [7, 11) is 1.51. The molecule has 5 fully saturated rings. The Labute approximate surface area is 159 Å². The SMILES string of the molecule is COc1ncncc1C(=O)N(OC1CCC1)C1C2CC3CC1CC(O)(C3)C2. The van der Waals surface area contributed by atoms with E-state index in [0.717, 1.165) is 51.4 Å². The fraction of sp³-hybridized carbons (Fsp3) is 0.750. The van der Waals surface area contributed by atoms with E-state index in [1.807, 2.05) is 0 Å². The first-order valence-electron chi connectivity index (χ1n) is 10.1. The van der Waals surface area contributed by atoms with Crippen LogP contribution in [0, 0.1) is 17.8 Å². The van der Waals surface area contributed by atoms with E-state index in [2.05, 4.69) is 9.97 Å². The van der Waals surface area contributed by atoms with Gasteiger partial charge in [-0.1, -0.05) is 0 Å². The third kappa shape index (κ3) is 2.91. The van der Waals surface area contributed by atoms with E-state index < -0.39 is 5.60 Å². The third-order valence-electron chi connectivity index (χ3n) is 7.08. The number of aliphatic hydroxyl groups is 1. The second-order valence-electron chi connectivity index (χ2n) is 8.92. The fourth-order valence-electron chi connectivity index (χ4n) is 5.97. The molecule has 0 aliphatic heterocycles. The molecular weight excluding hydrogens is 346 g/mol. The molecule has 0 aromatic carbocycles. The number of carbonyl (C=O) groups excluding carboxylic acids is 1. The highest BCUT2D eigenvalue weighted by molar-refractivity contribution is 5.95. The van der Waals surface area contributed by atoms with Crippen LogP contribution in [0.5, 0.6) is 5.88 Å². The van der Waals surface area contributed by atoms with Crippen molar-refractivity contribution in [2.45, 2.75) is 69.1 Å². The number of carbonyl (C=O) groups is 1. The van der Waals surface area contributed by atoms with E-state index in [9.17, 15) is 9.90 Å². The second-order valence-corrected chi connectivity index (χ2v) is 8.92. The van der Waals surface area contributed by atoms with Gasteiger partial charge in [0.05, 0.1) is 24.9 Å². The maximum atomic E-state index is 13.5. The Balaban J connectivity index is 1.47. The van der Waals surface area contributed by atoms with Crippen LogP contribution in [0.25, 0.3) is 0 Å².